The SMILES string of the molecule is COC[C@@H](C)NC1CCC(Nc2cc(-c3cncc(NCC4(C#N)CCOCC4)c3)c(Cl)cn2)CC1. The average molecular weight is 513 g/mol. The Morgan fingerprint density at radius 1 is 1.17 bits per heavy atom. The van der Waals surface area contributed by atoms with E-state index in [2.05, 4.69) is 38.9 Å². The molecule has 1 aliphatic heterocycles. The molecule has 36 heavy (non-hydrogen) atoms. The molecule has 2 aromatic rings. The molecule has 2 aliphatic rings. The molecule has 0 unspecified atom stereocenters. The first kappa shape index (κ1) is 26.6. The topological polar surface area (TPSA) is 104 Å². The summed E-state index contributed by atoms with van der Waals surface area (Å²) in [6.07, 6.45) is 11.2. The molecule has 1 saturated carbocycles. The maximum atomic E-state index is 9.73. The van der Waals surface area contributed by atoms with E-state index in [1.807, 2.05) is 18.3 Å². The monoisotopic (exact) mass is 512 g/mol. The Balaban J connectivity index is 1.37. The summed E-state index contributed by atoms with van der Waals surface area (Å²) in [6.45, 7) is 4.72. The van der Waals surface area contributed by atoms with E-state index in [1.54, 1.807) is 19.5 Å². The normalized spacial score (nSPS) is 22.4. The first-order valence-corrected chi connectivity index (χ1v) is 13.2. The quantitative estimate of drug-likeness (QED) is 0.414. The van der Waals surface area contributed by atoms with Gasteiger partial charge in [0.15, 0.2) is 0 Å². The molecule has 3 N–H and O–H groups in total. The molecule has 194 valence electrons. The van der Waals surface area contributed by atoms with E-state index in [0.29, 0.717) is 42.9 Å². The second kappa shape index (κ2) is 12.7. The van der Waals surface area contributed by atoms with Crippen molar-refractivity contribution in [1.29, 1.82) is 5.26 Å². The van der Waals surface area contributed by atoms with Gasteiger partial charge >= 0.3 is 0 Å². The minimum atomic E-state index is -0.407. The smallest absolute Gasteiger partial charge is 0.126 e. The molecule has 0 radical (unpaired) electrons. The number of ether oxygens (including phenoxy) is 2. The molecule has 0 aromatic carbocycles. The molecule has 0 amide bonds. The molecule has 3 heterocycles. The molecule has 4 rings (SSSR count). The van der Waals surface area contributed by atoms with Crippen molar-refractivity contribution in [2.45, 2.75) is 63.6 Å². The predicted molar refractivity (Wildman–Crippen MR) is 143 cm³/mol. The Bertz CT molecular complexity index is 1030. The molecule has 2 aromatic heterocycles. The first-order chi connectivity index (χ1) is 17.5. The molecular weight excluding hydrogens is 476 g/mol. The van der Waals surface area contributed by atoms with E-state index in [1.165, 1.54) is 0 Å². The Morgan fingerprint density at radius 2 is 1.92 bits per heavy atom. The van der Waals surface area contributed by atoms with Gasteiger partial charge in [0.1, 0.15) is 5.82 Å². The van der Waals surface area contributed by atoms with Crippen LogP contribution in [-0.4, -0.2) is 61.6 Å². The van der Waals surface area contributed by atoms with Crippen LogP contribution in [0.15, 0.2) is 30.7 Å². The lowest BCUT2D eigenvalue weighted by atomic mass is 9.81. The van der Waals surface area contributed by atoms with E-state index in [0.717, 1.165) is 67.8 Å². The minimum Gasteiger partial charge on any atom is -0.383 e. The number of aromatic nitrogens is 2. The Labute approximate surface area is 219 Å². The highest BCUT2D eigenvalue weighted by Gasteiger charge is 2.32. The van der Waals surface area contributed by atoms with Crippen LogP contribution in [-0.2, 0) is 9.47 Å². The Morgan fingerprint density at radius 3 is 2.64 bits per heavy atom. The number of hydrogen-bond acceptors (Lipinski definition) is 8. The summed E-state index contributed by atoms with van der Waals surface area (Å²) in [6, 6.07) is 7.81. The predicted octanol–water partition coefficient (Wildman–Crippen LogP) is 4.88. The molecule has 0 bridgehead atoms. The fourth-order valence-corrected chi connectivity index (χ4v) is 5.31. The van der Waals surface area contributed by atoms with Gasteiger partial charge in [-0.1, -0.05) is 11.6 Å². The van der Waals surface area contributed by atoms with Crippen molar-refractivity contribution in [3.63, 3.8) is 0 Å². The van der Waals surface area contributed by atoms with Crippen LogP contribution in [0.4, 0.5) is 11.5 Å². The molecule has 2 fully saturated rings. The van der Waals surface area contributed by atoms with Crippen LogP contribution < -0.4 is 16.0 Å². The van der Waals surface area contributed by atoms with Crippen LogP contribution in [0.3, 0.4) is 0 Å². The standard InChI is InChI=1S/C27H37ClN6O2/c1-19(16-35-2)33-21-3-5-22(6-4-21)34-26-12-24(25(28)15-31-26)20-11-23(14-30-13-20)32-18-27(17-29)7-9-36-10-8-27/h11-15,19,21-22,32-33H,3-10,16,18H2,1-2H3,(H,31,34)/t19-,21?,22?/m1/s1. The van der Waals surface area contributed by atoms with Gasteiger partial charge in [0.05, 0.1) is 28.8 Å². The number of hydrogen-bond donors (Lipinski definition) is 3. The van der Waals surface area contributed by atoms with Crippen LogP contribution >= 0.6 is 11.6 Å². The van der Waals surface area contributed by atoms with E-state index in [4.69, 9.17) is 21.1 Å². The van der Waals surface area contributed by atoms with Crippen molar-refractivity contribution in [1.82, 2.24) is 15.3 Å². The average Bonchev–Trinajstić information content (AvgIpc) is 2.90. The summed E-state index contributed by atoms with van der Waals surface area (Å²) >= 11 is 6.55. The molecule has 0 spiro atoms. The highest BCUT2D eigenvalue weighted by atomic mass is 35.5. The third-order valence-electron chi connectivity index (χ3n) is 7.24. The van der Waals surface area contributed by atoms with Gasteiger partial charge in [0.25, 0.3) is 0 Å². The van der Waals surface area contributed by atoms with Crippen molar-refractivity contribution in [3.8, 4) is 17.2 Å². The van der Waals surface area contributed by atoms with Gasteiger partial charge in [-0.3, -0.25) is 4.98 Å². The fourth-order valence-electron chi connectivity index (χ4n) is 5.10. The van der Waals surface area contributed by atoms with Crippen molar-refractivity contribution in [3.05, 3.63) is 35.7 Å². The van der Waals surface area contributed by atoms with Gasteiger partial charge in [0, 0.05) is 74.7 Å². The maximum absolute atomic E-state index is 9.73. The lowest BCUT2D eigenvalue weighted by Crippen LogP contribution is -2.42. The zero-order valence-electron chi connectivity index (χ0n) is 21.2. The molecule has 1 aliphatic carbocycles. The number of nitrogens with zero attached hydrogens (tertiary/aromatic N) is 3. The van der Waals surface area contributed by atoms with Crippen LogP contribution in [0.25, 0.3) is 11.1 Å². The second-order valence-electron chi connectivity index (χ2n) is 10.1. The van der Waals surface area contributed by atoms with Gasteiger partial charge < -0.3 is 25.4 Å². The molecule has 9 heteroatoms. The molecule has 8 nitrogen and oxygen atoms in total. The molecular formula is C27H37ClN6O2. The summed E-state index contributed by atoms with van der Waals surface area (Å²) in [4.78, 5) is 8.95. The van der Waals surface area contributed by atoms with Gasteiger partial charge in [-0.15, -0.1) is 0 Å². The molecule has 1 saturated heterocycles. The fraction of sp³-hybridized carbons (Fsp3) is 0.593. The third-order valence-corrected chi connectivity index (χ3v) is 7.54. The van der Waals surface area contributed by atoms with E-state index < -0.39 is 5.41 Å². The van der Waals surface area contributed by atoms with Gasteiger partial charge in [-0.05, 0) is 57.6 Å². The largest absolute Gasteiger partial charge is 0.383 e. The van der Waals surface area contributed by atoms with Gasteiger partial charge in [-0.2, -0.15) is 5.26 Å². The van der Waals surface area contributed by atoms with Gasteiger partial charge in [0.2, 0.25) is 0 Å². The Kier molecular flexibility index (Phi) is 9.38. The van der Waals surface area contributed by atoms with Crippen molar-refractivity contribution >= 4 is 23.1 Å². The van der Waals surface area contributed by atoms with Crippen molar-refractivity contribution in [2.75, 3.05) is 44.1 Å². The van der Waals surface area contributed by atoms with E-state index in [-0.39, 0.29) is 0 Å². The Hall–Kier alpha value is -2.44. The van der Waals surface area contributed by atoms with Crippen LogP contribution in [0.1, 0.15) is 45.4 Å². The minimum absolute atomic E-state index is 0.367. The number of nitrogens with one attached hydrogen (secondary N) is 3. The molecule has 1 atom stereocenters. The van der Waals surface area contributed by atoms with Crippen LogP contribution in [0, 0.1) is 16.7 Å². The van der Waals surface area contributed by atoms with Crippen LogP contribution in [0.2, 0.25) is 5.02 Å². The summed E-state index contributed by atoms with van der Waals surface area (Å²) in [5, 5.41) is 21.0. The lowest BCUT2D eigenvalue weighted by molar-refractivity contribution is 0.0456. The lowest BCUT2D eigenvalue weighted by Gasteiger charge is -2.32. The number of rotatable bonds is 10. The van der Waals surface area contributed by atoms with E-state index >= 15 is 0 Å². The summed E-state index contributed by atoms with van der Waals surface area (Å²) in [5.74, 6) is 0.822. The zero-order valence-corrected chi connectivity index (χ0v) is 22.0. The van der Waals surface area contributed by atoms with Gasteiger partial charge in [-0.25, -0.2) is 4.98 Å². The maximum Gasteiger partial charge on any atom is 0.126 e. The number of anilines is 2. The second-order valence-corrected chi connectivity index (χ2v) is 10.5. The first-order valence-electron chi connectivity index (χ1n) is 12.9. The third kappa shape index (κ3) is 7.07. The summed E-state index contributed by atoms with van der Waals surface area (Å²) in [5.41, 5.74) is 2.25. The number of halogens is 1. The number of methoxy groups -OCH3 is 1. The van der Waals surface area contributed by atoms with Crippen molar-refractivity contribution < 1.29 is 9.47 Å². The van der Waals surface area contributed by atoms with Crippen LogP contribution in [0.5, 0.6) is 0 Å². The van der Waals surface area contributed by atoms with Crippen molar-refractivity contribution in [2.24, 2.45) is 5.41 Å². The summed E-state index contributed by atoms with van der Waals surface area (Å²) in [7, 11) is 1.74. The number of nitriles is 1. The number of pyridine rings is 2. The van der Waals surface area contributed by atoms with E-state index in [9.17, 15) is 5.26 Å². The highest BCUT2D eigenvalue weighted by Crippen LogP contribution is 2.33. The summed E-state index contributed by atoms with van der Waals surface area (Å²) < 4.78 is 10.7. The highest BCUT2D eigenvalue weighted by molar-refractivity contribution is 6.33. The zero-order chi connectivity index (χ0) is 25.4.